The van der Waals surface area contributed by atoms with Crippen LogP contribution in [0.4, 0.5) is 14.6 Å². The van der Waals surface area contributed by atoms with Crippen molar-refractivity contribution in [3.05, 3.63) is 80.6 Å². The van der Waals surface area contributed by atoms with Crippen molar-refractivity contribution >= 4 is 22.9 Å². The molecule has 0 aliphatic rings. The van der Waals surface area contributed by atoms with Crippen LogP contribution in [0.15, 0.2) is 50.9 Å². The first-order valence-electron chi connectivity index (χ1n) is 12.0. The van der Waals surface area contributed by atoms with Gasteiger partial charge in [0.2, 0.25) is 11.8 Å². The average Bonchev–Trinajstić information content (AvgIpc) is 3.51. The molecule has 15 heteroatoms. The maximum Gasteiger partial charge on any atom is 0.332 e. The maximum atomic E-state index is 14.0. The SMILES string of the molecule is Cc1noc(Cn2c(=O)c3c(ncn3CC(=O)Nc3cccc(-c4cnc(C)c(C(C)(F)F)c4)n3)n(C)c2=O)n1. The molecule has 0 radical (unpaired) electrons. The summed E-state index contributed by atoms with van der Waals surface area (Å²) in [6.45, 7) is 3.32. The third kappa shape index (κ3) is 5.00. The van der Waals surface area contributed by atoms with Crippen LogP contribution in [-0.4, -0.2) is 44.7 Å². The second-order valence-electron chi connectivity index (χ2n) is 9.21. The molecule has 1 N–H and O–H groups in total. The number of nitrogens with zero attached hydrogens (tertiary/aromatic N) is 8. The first-order chi connectivity index (χ1) is 18.9. The first kappa shape index (κ1) is 26.5. The summed E-state index contributed by atoms with van der Waals surface area (Å²) in [6.07, 6.45) is 2.71. The molecule has 0 spiro atoms. The van der Waals surface area contributed by atoms with Gasteiger partial charge in [-0.3, -0.25) is 19.1 Å². The first-order valence-corrected chi connectivity index (χ1v) is 12.0. The molecule has 0 atom stereocenters. The van der Waals surface area contributed by atoms with E-state index in [9.17, 15) is 23.2 Å². The molecule has 0 saturated heterocycles. The Morgan fingerprint density at radius 2 is 1.93 bits per heavy atom. The number of fused-ring (bicyclic) bond motifs is 1. The minimum atomic E-state index is -3.08. The summed E-state index contributed by atoms with van der Waals surface area (Å²) in [7, 11) is 1.45. The highest BCUT2D eigenvalue weighted by atomic mass is 19.3. The highest BCUT2D eigenvalue weighted by molar-refractivity contribution is 5.90. The Morgan fingerprint density at radius 3 is 2.62 bits per heavy atom. The lowest BCUT2D eigenvalue weighted by Gasteiger charge is -2.14. The van der Waals surface area contributed by atoms with Gasteiger partial charge in [0.15, 0.2) is 17.0 Å². The number of halogens is 2. The normalized spacial score (nSPS) is 11.8. The number of nitrogens with one attached hydrogen (secondary N) is 1. The third-order valence-electron chi connectivity index (χ3n) is 6.15. The van der Waals surface area contributed by atoms with Crippen molar-refractivity contribution in [3.63, 3.8) is 0 Å². The maximum absolute atomic E-state index is 14.0. The van der Waals surface area contributed by atoms with E-state index in [-0.39, 0.29) is 47.2 Å². The van der Waals surface area contributed by atoms with E-state index >= 15 is 0 Å². The fraction of sp³-hybridized carbons (Fsp3) is 0.280. The Morgan fingerprint density at radius 1 is 1.15 bits per heavy atom. The molecule has 13 nitrogen and oxygen atoms in total. The number of hydrogen-bond donors (Lipinski definition) is 1. The minimum Gasteiger partial charge on any atom is -0.337 e. The zero-order valence-corrected chi connectivity index (χ0v) is 21.8. The van der Waals surface area contributed by atoms with E-state index in [0.29, 0.717) is 17.1 Å². The van der Waals surface area contributed by atoms with E-state index in [0.717, 1.165) is 11.5 Å². The molecule has 0 unspecified atom stereocenters. The van der Waals surface area contributed by atoms with Crippen LogP contribution in [-0.2, 0) is 30.9 Å². The van der Waals surface area contributed by atoms with Crippen LogP contribution < -0.4 is 16.6 Å². The molecule has 0 saturated carbocycles. The number of aryl methyl sites for hydroxylation is 3. The van der Waals surface area contributed by atoms with Gasteiger partial charge in [-0.25, -0.2) is 28.1 Å². The molecule has 1 amide bonds. The van der Waals surface area contributed by atoms with E-state index in [1.807, 2.05) is 0 Å². The van der Waals surface area contributed by atoms with Crippen molar-refractivity contribution in [1.82, 2.24) is 38.8 Å². The fourth-order valence-corrected chi connectivity index (χ4v) is 4.24. The quantitative estimate of drug-likeness (QED) is 0.320. The molecule has 40 heavy (non-hydrogen) atoms. The van der Waals surface area contributed by atoms with Gasteiger partial charge < -0.3 is 14.4 Å². The second-order valence-corrected chi connectivity index (χ2v) is 9.21. The van der Waals surface area contributed by atoms with E-state index < -0.39 is 23.1 Å². The highest BCUT2D eigenvalue weighted by Gasteiger charge is 2.27. The van der Waals surface area contributed by atoms with Crippen molar-refractivity contribution in [2.24, 2.45) is 7.05 Å². The zero-order valence-electron chi connectivity index (χ0n) is 21.8. The van der Waals surface area contributed by atoms with E-state index in [4.69, 9.17) is 4.52 Å². The van der Waals surface area contributed by atoms with Gasteiger partial charge in [0.05, 0.1) is 12.0 Å². The number of carbonyl (C=O) groups is 1. The molecule has 0 fully saturated rings. The van der Waals surface area contributed by atoms with Gasteiger partial charge in [-0.2, -0.15) is 4.98 Å². The van der Waals surface area contributed by atoms with Crippen LogP contribution in [0.3, 0.4) is 0 Å². The highest BCUT2D eigenvalue weighted by Crippen LogP contribution is 2.31. The summed E-state index contributed by atoms with van der Waals surface area (Å²) in [6, 6.07) is 6.07. The molecular formula is C25H23F2N9O4. The van der Waals surface area contributed by atoms with Crippen LogP contribution in [0.1, 0.15) is 29.9 Å². The molecule has 0 aliphatic carbocycles. The lowest BCUT2D eigenvalue weighted by Crippen LogP contribution is -2.40. The lowest BCUT2D eigenvalue weighted by molar-refractivity contribution is -0.116. The van der Waals surface area contributed by atoms with E-state index in [1.165, 1.54) is 47.8 Å². The van der Waals surface area contributed by atoms with E-state index in [2.05, 4.69) is 30.4 Å². The Balaban J connectivity index is 1.41. The molecule has 0 aliphatic heterocycles. The number of amides is 1. The number of hydrogen-bond acceptors (Lipinski definition) is 9. The summed E-state index contributed by atoms with van der Waals surface area (Å²) in [4.78, 5) is 55.5. The van der Waals surface area contributed by atoms with Gasteiger partial charge in [-0.05, 0) is 32.0 Å². The number of carbonyl (C=O) groups excluding carboxylic acids is 1. The number of imidazole rings is 1. The summed E-state index contributed by atoms with van der Waals surface area (Å²) >= 11 is 0. The smallest absolute Gasteiger partial charge is 0.332 e. The lowest BCUT2D eigenvalue weighted by atomic mass is 10.0. The molecule has 5 rings (SSSR count). The van der Waals surface area contributed by atoms with Crippen LogP contribution >= 0.6 is 0 Å². The monoisotopic (exact) mass is 551 g/mol. The molecular weight excluding hydrogens is 528 g/mol. The Labute approximate surface area is 224 Å². The van der Waals surface area contributed by atoms with Gasteiger partial charge in [-0.1, -0.05) is 11.2 Å². The van der Waals surface area contributed by atoms with Crippen LogP contribution in [0, 0.1) is 13.8 Å². The number of aromatic nitrogens is 8. The summed E-state index contributed by atoms with van der Waals surface area (Å²) in [5.74, 6) is -3.04. The van der Waals surface area contributed by atoms with Crippen molar-refractivity contribution < 1.29 is 18.1 Å². The third-order valence-corrected chi connectivity index (χ3v) is 6.15. The predicted molar refractivity (Wildman–Crippen MR) is 138 cm³/mol. The zero-order chi connectivity index (χ0) is 28.8. The summed E-state index contributed by atoms with van der Waals surface area (Å²) in [5.41, 5.74) is -0.534. The number of rotatable bonds is 7. The van der Waals surface area contributed by atoms with Gasteiger partial charge in [0.25, 0.3) is 11.5 Å². The second kappa shape index (κ2) is 9.91. The van der Waals surface area contributed by atoms with Crippen molar-refractivity contribution in [2.45, 2.75) is 39.8 Å². The van der Waals surface area contributed by atoms with E-state index in [1.54, 1.807) is 19.1 Å². The van der Waals surface area contributed by atoms with Gasteiger partial charge in [0, 0.05) is 37.0 Å². The Hall–Kier alpha value is -5.08. The largest absolute Gasteiger partial charge is 0.337 e. The van der Waals surface area contributed by atoms with Gasteiger partial charge in [-0.15, -0.1) is 0 Å². The Bertz CT molecular complexity index is 1880. The topological polar surface area (TPSA) is 156 Å². The molecule has 0 bridgehead atoms. The van der Waals surface area contributed by atoms with Crippen LogP contribution in [0.5, 0.6) is 0 Å². The predicted octanol–water partition coefficient (Wildman–Crippen LogP) is 2.15. The molecule has 5 heterocycles. The van der Waals surface area contributed by atoms with Gasteiger partial charge >= 0.3 is 5.69 Å². The number of alkyl halides is 2. The van der Waals surface area contributed by atoms with Gasteiger partial charge in [0.1, 0.15) is 18.9 Å². The van der Waals surface area contributed by atoms with Crippen molar-refractivity contribution in [1.29, 1.82) is 0 Å². The Kier molecular flexibility index (Phi) is 6.57. The molecule has 5 aromatic rings. The molecule has 5 aromatic heterocycles. The standard InChI is InChI=1S/C25H23F2N9O4/c1-13-16(25(3,26)27)8-15(9-28-13)17-6-5-7-18(31-17)32-19(37)10-35-12-29-22-21(35)23(38)36(24(39)34(22)4)11-20-30-14(2)33-40-20/h5-9,12H,10-11H2,1-4H3,(H,31,32,37). The van der Waals surface area contributed by atoms with Crippen LogP contribution in [0.2, 0.25) is 0 Å². The number of pyridine rings is 2. The fourth-order valence-electron chi connectivity index (χ4n) is 4.24. The summed E-state index contributed by atoms with van der Waals surface area (Å²) < 4.78 is 36.4. The average molecular weight is 552 g/mol. The number of anilines is 1. The van der Waals surface area contributed by atoms with Crippen molar-refractivity contribution in [2.75, 3.05) is 5.32 Å². The molecule has 0 aromatic carbocycles. The molecule has 206 valence electrons. The summed E-state index contributed by atoms with van der Waals surface area (Å²) in [5, 5.41) is 6.30. The minimum absolute atomic E-state index is 0.0222. The van der Waals surface area contributed by atoms with Crippen LogP contribution in [0.25, 0.3) is 22.4 Å². The van der Waals surface area contributed by atoms with Crippen molar-refractivity contribution in [3.8, 4) is 11.3 Å².